The minimum Gasteiger partial charge on any atom is -0.350 e. The number of hydrogen-bond acceptors (Lipinski definition) is 3. The van der Waals surface area contributed by atoms with Crippen molar-refractivity contribution < 1.29 is 8.42 Å². The van der Waals surface area contributed by atoms with Gasteiger partial charge in [0.15, 0.2) is 0 Å². The predicted molar refractivity (Wildman–Crippen MR) is 111 cm³/mol. The van der Waals surface area contributed by atoms with Gasteiger partial charge in [0.2, 0.25) is 10.0 Å². The molecule has 0 aliphatic rings. The molecule has 0 fully saturated rings. The Bertz CT molecular complexity index is 1040. The molecule has 144 valence electrons. The van der Waals surface area contributed by atoms with E-state index in [9.17, 15) is 8.42 Å². The molecule has 7 heteroatoms. The van der Waals surface area contributed by atoms with E-state index < -0.39 is 10.0 Å². The van der Waals surface area contributed by atoms with E-state index in [0.717, 1.165) is 16.5 Å². The molecule has 0 aliphatic heterocycles. The van der Waals surface area contributed by atoms with Gasteiger partial charge in [0.05, 0.1) is 5.75 Å². The van der Waals surface area contributed by atoms with Gasteiger partial charge in [0.25, 0.3) is 0 Å². The zero-order valence-corrected chi connectivity index (χ0v) is 17.3. The highest BCUT2D eigenvalue weighted by Crippen LogP contribution is 2.28. The maximum absolute atomic E-state index is 12.6. The Kier molecular flexibility index (Phi) is 5.91. The van der Waals surface area contributed by atoms with E-state index in [1.807, 2.05) is 38.2 Å². The molecule has 0 radical (unpaired) electrons. The number of rotatable bonds is 7. The number of sulfonamides is 1. The van der Waals surface area contributed by atoms with E-state index in [2.05, 4.69) is 27.6 Å². The molecule has 3 rings (SSSR count). The Hall–Kier alpha value is -1.86. The van der Waals surface area contributed by atoms with E-state index in [-0.39, 0.29) is 18.3 Å². The molecule has 1 aromatic heterocycles. The van der Waals surface area contributed by atoms with E-state index in [4.69, 9.17) is 11.6 Å². The van der Waals surface area contributed by atoms with Gasteiger partial charge in [-0.25, -0.2) is 13.1 Å². The van der Waals surface area contributed by atoms with Gasteiger partial charge in [0, 0.05) is 41.8 Å². The van der Waals surface area contributed by atoms with Crippen LogP contribution in [0, 0.1) is 0 Å². The molecule has 27 heavy (non-hydrogen) atoms. The number of aromatic nitrogens is 1. The van der Waals surface area contributed by atoms with Crippen molar-refractivity contribution in [2.45, 2.75) is 11.8 Å². The Labute approximate surface area is 165 Å². The number of likely N-dealkylation sites (N-methyl/N-ethyl adjacent to an activating group) is 1. The summed E-state index contributed by atoms with van der Waals surface area (Å²) >= 11 is 6.10. The lowest BCUT2D eigenvalue weighted by Gasteiger charge is -2.24. The Morgan fingerprint density at radius 1 is 1.11 bits per heavy atom. The molecular formula is C20H24ClN3O2S. The average molecular weight is 406 g/mol. The quantitative estimate of drug-likeness (QED) is 0.654. The lowest BCUT2D eigenvalue weighted by Crippen LogP contribution is -2.35. The van der Waals surface area contributed by atoms with Crippen LogP contribution < -0.4 is 4.72 Å². The summed E-state index contributed by atoms with van der Waals surface area (Å²) < 4.78 is 30.0. The van der Waals surface area contributed by atoms with Gasteiger partial charge in [-0.1, -0.05) is 48.0 Å². The summed E-state index contributed by atoms with van der Waals surface area (Å²) in [7, 11) is 2.40. The molecule has 0 bridgehead atoms. The van der Waals surface area contributed by atoms with Gasteiger partial charge in [-0.2, -0.15) is 0 Å². The van der Waals surface area contributed by atoms with Crippen molar-refractivity contribution >= 4 is 32.5 Å². The number of nitrogens with one attached hydrogen (secondary N) is 1. The predicted octanol–water partition coefficient (Wildman–Crippen LogP) is 3.55. The topological polar surface area (TPSA) is 54.3 Å². The zero-order valence-electron chi connectivity index (χ0n) is 15.7. The fourth-order valence-corrected chi connectivity index (χ4v) is 4.74. The van der Waals surface area contributed by atoms with Crippen LogP contribution in [0.4, 0.5) is 0 Å². The third kappa shape index (κ3) is 4.52. The van der Waals surface area contributed by atoms with Crippen molar-refractivity contribution in [3.8, 4) is 0 Å². The van der Waals surface area contributed by atoms with Crippen molar-refractivity contribution in [2.75, 3.05) is 20.6 Å². The van der Waals surface area contributed by atoms with Gasteiger partial charge in [-0.15, -0.1) is 0 Å². The Morgan fingerprint density at radius 2 is 1.78 bits per heavy atom. The lowest BCUT2D eigenvalue weighted by molar-refractivity contribution is 0.301. The van der Waals surface area contributed by atoms with Crippen LogP contribution in [0.2, 0.25) is 5.02 Å². The average Bonchev–Trinajstić information content (AvgIpc) is 2.94. The molecule has 0 aliphatic carbocycles. The van der Waals surface area contributed by atoms with Crippen molar-refractivity contribution in [2.24, 2.45) is 7.05 Å². The van der Waals surface area contributed by atoms with Gasteiger partial charge < -0.3 is 9.47 Å². The van der Waals surface area contributed by atoms with Crippen LogP contribution in [0.25, 0.3) is 10.9 Å². The van der Waals surface area contributed by atoms with Crippen LogP contribution >= 0.6 is 11.6 Å². The molecule has 1 unspecified atom stereocenters. The first kappa shape index (κ1) is 19.9. The molecule has 5 nitrogen and oxygen atoms in total. The summed E-state index contributed by atoms with van der Waals surface area (Å²) in [4.78, 5) is 2.03. The molecule has 1 atom stereocenters. The molecule has 1 N–H and O–H groups in total. The van der Waals surface area contributed by atoms with Crippen molar-refractivity contribution in [1.82, 2.24) is 14.2 Å². The maximum atomic E-state index is 12.6. The number of halogens is 1. The number of benzene rings is 2. The number of aryl methyl sites for hydroxylation is 1. The minimum absolute atomic E-state index is 0.0860. The van der Waals surface area contributed by atoms with Gasteiger partial charge >= 0.3 is 0 Å². The number of hydrogen-bond donors (Lipinski definition) is 1. The normalized spacial score (nSPS) is 13.4. The Balaban J connectivity index is 1.82. The molecule has 1 heterocycles. The third-order valence-electron chi connectivity index (χ3n) is 4.71. The van der Waals surface area contributed by atoms with Gasteiger partial charge in [-0.05, 0) is 37.4 Å². The maximum Gasteiger partial charge on any atom is 0.215 e. The zero-order chi connectivity index (χ0) is 19.6. The SMILES string of the molecule is CN(C)C(CNS(=O)(=O)Cc1ccccc1Cl)c1cn(C)c2ccccc12. The van der Waals surface area contributed by atoms with Gasteiger partial charge in [-0.3, -0.25) is 0 Å². The van der Waals surface area contributed by atoms with Crippen LogP contribution in [0.3, 0.4) is 0 Å². The molecule has 0 saturated carbocycles. The molecule has 0 saturated heterocycles. The smallest absolute Gasteiger partial charge is 0.215 e. The fraction of sp³-hybridized carbons (Fsp3) is 0.300. The highest BCUT2D eigenvalue weighted by Gasteiger charge is 2.22. The van der Waals surface area contributed by atoms with Crippen LogP contribution in [0.5, 0.6) is 0 Å². The van der Waals surface area contributed by atoms with E-state index in [1.165, 1.54) is 0 Å². The monoisotopic (exact) mass is 405 g/mol. The van der Waals surface area contributed by atoms with E-state index in [1.54, 1.807) is 24.3 Å². The fourth-order valence-electron chi connectivity index (χ4n) is 3.29. The molecule has 0 spiro atoms. The summed E-state index contributed by atoms with van der Waals surface area (Å²) in [6.07, 6.45) is 2.07. The van der Waals surface area contributed by atoms with Crippen molar-refractivity contribution in [3.63, 3.8) is 0 Å². The summed E-state index contributed by atoms with van der Waals surface area (Å²) in [5, 5.41) is 1.59. The first-order valence-electron chi connectivity index (χ1n) is 8.69. The van der Waals surface area contributed by atoms with E-state index in [0.29, 0.717) is 10.6 Å². The number of fused-ring (bicyclic) bond motifs is 1. The van der Waals surface area contributed by atoms with Crippen LogP contribution in [-0.2, 0) is 22.8 Å². The first-order chi connectivity index (χ1) is 12.8. The second kappa shape index (κ2) is 8.02. The van der Waals surface area contributed by atoms with Crippen molar-refractivity contribution in [3.05, 3.63) is 70.9 Å². The number of nitrogens with zero attached hydrogens (tertiary/aromatic N) is 2. The third-order valence-corrected chi connectivity index (χ3v) is 6.38. The molecule has 0 amide bonds. The van der Waals surface area contributed by atoms with Gasteiger partial charge in [0.1, 0.15) is 0 Å². The summed E-state index contributed by atoms with van der Waals surface area (Å²) in [6.45, 7) is 0.286. The minimum atomic E-state index is -3.51. The van der Waals surface area contributed by atoms with Crippen LogP contribution in [0.1, 0.15) is 17.2 Å². The van der Waals surface area contributed by atoms with Crippen molar-refractivity contribution in [1.29, 1.82) is 0 Å². The molecule has 3 aromatic rings. The second-order valence-electron chi connectivity index (χ2n) is 6.89. The highest BCUT2D eigenvalue weighted by atomic mass is 35.5. The summed E-state index contributed by atoms with van der Waals surface area (Å²) in [5.74, 6) is -0.137. The first-order valence-corrected chi connectivity index (χ1v) is 10.7. The number of para-hydroxylation sites is 1. The largest absolute Gasteiger partial charge is 0.350 e. The highest BCUT2D eigenvalue weighted by molar-refractivity contribution is 7.88. The Morgan fingerprint density at radius 3 is 2.48 bits per heavy atom. The van der Waals surface area contributed by atoms with E-state index >= 15 is 0 Å². The van der Waals surface area contributed by atoms with Crippen LogP contribution in [0.15, 0.2) is 54.7 Å². The van der Waals surface area contributed by atoms with Crippen LogP contribution in [-0.4, -0.2) is 38.5 Å². The second-order valence-corrected chi connectivity index (χ2v) is 9.10. The molecule has 2 aromatic carbocycles. The standard InChI is InChI=1S/C20H24ClN3O2S/c1-23(2)20(17-13-24(3)19-11-7-5-9-16(17)19)12-22-27(25,26)14-15-8-4-6-10-18(15)21/h4-11,13,20,22H,12,14H2,1-3H3. The molecular weight excluding hydrogens is 382 g/mol. The summed E-state index contributed by atoms with van der Waals surface area (Å²) in [6, 6.07) is 15.1. The lowest BCUT2D eigenvalue weighted by atomic mass is 10.1. The summed E-state index contributed by atoms with van der Waals surface area (Å²) in [5.41, 5.74) is 2.81.